The maximum absolute atomic E-state index is 13.1. The predicted octanol–water partition coefficient (Wildman–Crippen LogP) is 7.65. The van der Waals surface area contributed by atoms with E-state index in [0.717, 1.165) is 63.7 Å². The maximum Gasteiger partial charge on any atom is 0.244 e. The number of halogens is 5. The van der Waals surface area contributed by atoms with Crippen molar-refractivity contribution >= 4 is 103 Å². The Labute approximate surface area is 381 Å². The molecule has 0 bridgehead atoms. The van der Waals surface area contributed by atoms with Gasteiger partial charge >= 0.3 is 0 Å². The molecule has 60 heavy (non-hydrogen) atoms. The fourth-order valence-electron chi connectivity index (χ4n) is 7.16. The summed E-state index contributed by atoms with van der Waals surface area (Å²) >= 11 is 27.1. The van der Waals surface area contributed by atoms with Crippen LogP contribution in [0.4, 0.5) is 11.4 Å². The zero-order chi connectivity index (χ0) is 42.7. The number of ether oxygens (including phenoxy) is 2. The normalized spacial score (nSPS) is 14.3. The molecule has 0 spiro atoms. The van der Waals surface area contributed by atoms with E-state index in [0.29, 0.717) is 63.6 Å². The van der Waals surface area contributed by atoms with Gasteiger partial charge in [0.15, 0.2) is 5.82 Å². The van der Waals surface area contributed by atoms with E-state index >= 15 is 0 Å². The Bertz CT molecular complexity index is 2510. The summed E-state index contributed by atoms with van der Waals surface area (Å²) in [5, 5.41) is 11.3. The molecule has 19 heteroatoms. The van der Waals surface area contributed by atoms with Gasteiger partial charge in [-0.15, -0.1) is 0 Å². The molecule has 0 unspecified atom stereocenters. The number of para-hydroxylation sites is 2. The summed E-state index contributed by atoms with van der Waals surface area (Å²) in [7, 11) is 3.21. The third-order valence-corrected chi connectivity index (χ3v) is 13.3. The van der Waals surface area contributed by atoms with Crippen molar-refractivity contribution in [1.29, 1.82) is 0 Å². The van der Waals surface area contributed by atoms with E-state index in [-0.39, 0.29) is 24.9 Å². The lowest BCUT2D eigenvalue weighted by Gasteiger charge is -2.36. The number of rotatable bonds is 9. The van der Waals surface area contributed by atoms with Crippen molar-refractivity contribution in [2.45, 2.75) is 26.9 Å². The highest BCUT2D eigenvalue weighted by atomic mass is 127. The molecule has 3 aromatic carbocycles. The molecule has 2 aliphatic heterocycles. The van der Waals surface area contributed by atoms with E-state index in [2.05, 4.69) is 47.6 Å². The SMILES string of the molecule is COc1cc(N2CCN(C(=O)Cn3nc(-n4cnc5ccccc54)c(Cl)c3C)CC2)ccc1Cl.COc1cc(N2CCN(C(=O)Cn3nc(I)c(Cl)c3C)CC2)ccc1Cl. The van der Waals surface area contributed by atoms with Crippen LogP contribution in [0.15, 0.2) is 67.0 Å². The van der Waals surface area contributed by atoms with Crippen LogP contribution in [-0.2, 0) is 22.7 Å². The van der Waals surface area contributed by atoms with E-state index in [1.165, 1.54) is 0 Å². The van der Waals surface area contributed by atoms with Gasteiger partial charge in [0, 0.05) is 75.9 Å². The molecule has 2 aliphatic rings. The largest absolute Gasteiger partial charge is 0.495 e. The first kappa shape index (κ1) is 43.7. The van der Waals surface area contributed by atoms with E-state index in [9.17, 15) is 9.59 Å². The van der Waals surface area contributed by atoms with Gasteiger partial charge in [0.05, 0.1) is 51.7 Å². The van der Waals surface area contributed by atoms with Crippen molar-refractivity contribution in [2.24, 2.45) is 0 Å². The first-order chi connectivity index (χ1) is 28.9. The summed E-state index contributed by atoms with van der Waals surface area (Å²) < 4.78 is 16.5. The van der Waals surface area contributed by atoms with Gasteiger partial charge in [0.2, 0.25) is 11.8 Å². The van der Waals surface area contributed by atoms with Crippen LogP contribution < -0.4 is 19.3 Å². The van der Waals surface area contributed by atoms with Gasteiger partial charge in [-0.25, -0.2) is 4.98 Å². The lowest BCUT2D eigenvalue weighted by Crippen LogP contribution is -2.49. The molecule has 5 heterocycles. The van der Waals surface area contributed by atoms with Crippen LogP contribution in [0, 0.1) is 17.5 Å². The van der Waals surface area contributed by atoms with E-state index in [4.69, 9.17) is 55.9 Å². The van der Waals surface area contributed by atoms with Crippen molar-refractivity contribution in [1.82, 2.24) is 38.9 Å². The molecule has 3 aromatic heterocycles. The zero-order valence-electron chi connectivity index (χ0n) is 33.4. The second kappa shape index (κ2) is 19.1. The third kappa shape index (κ3) is 9.39. The molecule has 2 amide bonds. The summed E-state index contributed by atoms with van der Waals surface area (Å²) in [6, 6.07) is 19.2. The Morgan fingerprint density at radius 1 is 0.667 bits per heavy atom. The Morgan fingerprint density at radius 2 is 1.15 bits per heavy atom. The van der Waals surface area contributed by atoms with Gasteiger partial charge in [-0.1, -0.05) is 58.5 Å². The first-order valence-electron chi connectivity index (χ1n) is 19.1. The van der Waals surface area contributed by atoms with Crippen LogP contribution in [0.25, 0.3) is 16.9 Å². The third-order valence-electron chi connectivity index (χ3n) is 10.7. The Morgan fingerprint density at radius 3 is 1.63 bits per heavy atom. The number of benzene rings is 3. The fraction of sp³-hybridized carbons (Fsp3) is 0.341. The van der Waals surface area contributed by atoms with Crippen LogP contribution in [0.1, 0.15) is 11.4 Å². The van der Waals surface area contributed by atoms with Crippen LogP contribution in [0.5, 0.6) is 11.5 Å². The van der Waals surface area contributed by atoms with Crippen molar-refractivity contribution in [3.8, 4) is 17.3 Å². The summed E-state index contributed by atoms with van der Waals surface area (Å²) in [4.78, 5) is 38.3. The van der Waals surface area contributed by atoms with Gasteiger partial charge in [-0.2, -0.15) is 10.2 Å². The van der Waals surface area contributed by atoms with E-state index in [1.54, 1.807) is 29.9 Å². The molecular weight excluding hydrogens is 965 g/mol. The van der Waals surface area contributed by atoms with Crippen LogP contribution in [0.3, 0.4) is 0 Å². The first-order valence-corrected chi connectivity index (χ1v) is 21.7. The molecule has 8 rings (SSSR count). The van der Waals surface area contributed by atoms with Crippen LogP contribution in [0.2, 0.25) is 20.1 Å². The average Bonchev–Trinajstić information content (AvgIpc) is 3.89. The summed E-state index contributed by atoms with van der Waals surface area (Å²) in [6.07, 6.45) is 1.70. The van der Waals surface area contributed by atoms with E-state index in [1.807, 2.05) is 88.9 Å². The number of aromatic nitrogens is 6. The number of methoxy groups -OCH3 is 2. The Hall–Kier alpha value is -4.42. The molecule has 0 N–H and O–H groups in total. The second-order valence-electron chi connectivity index (χ2n) is 14.2. The number of piperazine rings is 2. The zero-order valence-corrected chi connectivity index (χ0v) is 38.6. The molecule has 0 radical (unpaired) electrons. The molecule has 2 fully saturated rings. The monoisotopic (exact) mass is 1010 g/mol. The Kier molecular flexibility index (Phi) is 13.9. The fourth-order valence-corrected chi connectivity index (χ4v) is 8.56. The maximum atomic E-state index is 13.1. The van der Waals surface area contributed by atoms with Gasteiger partial charge in [-0.3, -0.25) is 23.5 Å². The van der Waals surface area contributed by atoms with E-state index < -0.39 is 0 Å². The molecule has 0 saturated carbocycles. The second-order valence-corrected chi connectivity index (χ2v) is 16.8. The summed E-state index contributed by atoms with van der Waals surface area (Å²) in [5.74, 6) is 1.94. The van der Waals surface area contributed by atoms with Crippen LogP contribution in [-0.4, -0.2) is 117 Å². The minimum Gasteiger partial charge on any atom is -0.495 e. The Balaban J connectivity index is 0.000000189. The molecule has 316 valence electrons. The van der Waals surface area contributed by atoms with Crippen molar-refractivity contribution in [3.63, 3.8) is 0 Å². The quantitative estimate of drug-likeness (QED) is 0.135. The van der Waals surface area contributed by atoms with Gasteiger partial charge < -0.3 is 29.1 Å². The highest BCUT2D eigenvalue weighted by molar-refractivity contribution is 14.1. The van der Waals surface area contributed by atoms with Gasteiger partial charge in [0.1, 0.15) is 39.6 Å². The summed E-state index contributed by atoms with van der Waals surface area (Å²) in [6.45, 7) is 9.62. The number of nitrogens with zero attached hydrogens (tertiary/aromatic N) is 10. The van der Waals surface area contributed by atoms with Gasteiger partial charge in [0.25, 0.3) is 0 Å². The van der Waals surface area contributed by atoms with Crippen molar-refractivity contribution in [2.75, 3.05) is 76.4 Å². The molecule has 6 aromatic rings. The molecule has 0 atom stereocenters. The number of amides is 2. The molecule has 0 aliphatic carbocycles. The molecule has 2 saturated heterocycles. The number of hydrogen-bond acceptors (Lipinski definition) is 9. The standard InChI is InChI=1S/C24H24Cl2N6O2.C17H19Cl2IN4O2/c1-16-23(26)24(31-15-27-19-5-3-4-6-20(19)31)28-32(16)14-22(33)30-11-9-29(10-12-30)17-7-8-18(25)21(13-17)34-2;1-11-16(19)17(20)21-24(11)10-15(25)23-7-5-22(6-8-23)12-3-4-13(18)14(9-12)26-2/h3-8,13,15H,9-12,14H2,1-2H3;3-4,9H,5-8,10H2,1-2H3. The number of anilines is 2. The topological polar surface area (TPSA) is 119 Å². The minimum atomic E-state index is 0.0117. The average molecular weight is 1010 g/mol. The molecular formula is C41H43Cl4IN10O4. The molecule has 14 nitrogen and oxygen atoms in total. The summed E-state index contributed by atoms with van der Waals surface area (Å²) in [5.41, 5.74) is 5.40. The highest BCUT2D eigenvalue weighted by Gasteiger charge is 2.26. The number of imidazole rings is 1. The number of carbonyl (C=O) groups excluding carboxylic acids is 2. The smallest absolute Gasteiger partial charge is 0.244 e. The highest BCUT2D eigenvalue weighted by Crippen LogP contribution is 2.32. The lowest BCUT2D eigenvalue weighted by atomic mass is 10.2. The predicted molar refractivity (Wildman–Crippen MR) is 245 cm³/mol. The van der Waals surface area contributed by atoms with Gasteiger partial charge in [-0.05, 0) is 72.8 Å². The number of hydrogen-bond donors (Lipinski definition) is 0. The number of fused-ring (bicyclic) bond motifs is 1. The van der Waals surface area contributed by atoms with Crippen molar-refractivity contribution < 1.29 is 19.1 Å². The lowest BCUT2D eigenvalue weighted by molar-refractivity contribution is -0.133. The van der Waals surface area contributed by atoms with Crippen molar-refractivity contribution in [3.05, 3.63) is 102 Å². The number of carbonyl (C=O) groups is 2. The van der Waals surface area contributed by atoms with Crippen LogP contribution >= 0.6 is 69.0 Å². The minimum absolute atomic E-state index is 0.0117.